The Morgan fingerprint density at radius 1 is 1.27 bits per heavy atom. The van der Waals surface area contributed by atoms with E-state index < -0.39 is 0 Å². The highest BCUT2D eigenvalue weighted by molar-refractivity contribution is 7.10. The monoisotopic (exact) mass is 311 g/mol. The number of carbonyl (C=O) groups excluding carboxylic acids is 1. The van der Waals surface area contributed by atoms with Crippen LogP contribution in [0.5, 0.6) is 0 Å². The van der Waals surface area contributed by atoms with Gasteiger partial charge in [0, 0.05) is 29.5 Å². The van der Waals surface area contributed by atoms with Gasteiger partial charge in [-0.15, -0.1) is 11.3 Å². The zero-order valence-electron chi connectivity index (χ0n) is 12.3. The summed E-state index contributed by atoms with van der Waals surface area (Å²) in [7, 11) is 0. The third-order valence-electron chi connectivity index (χ3n) is 3.44. The van der Waals surface area contributed by atoms with E-state index in [1.54, 1.807) is 17.5 Å². The van der Waals surface area contributed by atoms with Gasteiger partial charge in [0.1, 0.15) is 5.82 Å². The summed E-state index contributed by atoms with van der Waals surface area (Å²) in [6, 6.07) is 12.1. The van der Waals surface area contributed by atoms with Crippen LogP contribution in [0.1, 0.15) is 16.3 Å². The zero-order chi connectivity index (χ0) is 15.4. The van der Waals surface area contributed by atoms with Crippen molar-refractivity contribution in [1.82, 2.24) is 14.9 Å². The van der Waals surface area contributed by atoms with Gasteiger partial charge < -0.3 is 9.88 Å². The SMILES string of the molecule is Cc1nccn1-c1ccc(CNC(=O)Cc2cccs2)cc1. The van der Waals surface area contributed by atoms with E-state index in [0.717, 1.165) is 22.0 Å². The second-order valence-electron chi connectivity index (χ2n) is 5.04. The highest BCUT2D eigenvalue weighted by Gasteiger charge is 2.05. The zero-order valence-corrected chi connectivity index (χ0v) is 13.1. The van der Waals surface area contributed by atoms with Crippen molar-refractivity contribution < 1.29 is 4.79 Å². The summed E-state index contributed by atoms with van der Waals surface area (Å²) in [6.07, 6.45) is 4.17. The Morgan fingerprint density at radius 2 is 2.09 bits per heavy atom. The molecule has 0 aliphatic heterocycles. The van der Waals surface area contributed by atoms with Crippen molar-refractivity contribution >= 4 is 17.2 Å². The van der Waals surface area contributed by atoms with E-state index in [9.17, 15) is 4.79 Å². The average Bonchev–Trinajstić information content (AvgIpc) is 3.17. The van der Waals surface area contributed by atoms with E-state index in [-0.39, 0.29) is 5.91 Å². The van der Waals surface area contributed by atoms with E-state index in [0.29, 0.717) is 13.0 Å². The Kier molecular flexibility index (Phi) is 4.34. The summed E-state index contributed by atoms with van der Waals surface area (Å²) >= 11 is 1.61. The number of thiophene rings is 1. The van der Waals surface area contributed by atoms with Crippen LogP contribution in [0.3, 0.4) is 0 Å². The van der Waals surface area contributed by atoms with Gasteiger partial charge in [-0.1, -0.05) is 18.2 Å². The Hall–Kier alpha value is -2.40. The Bertz CT molecular complexity index is 745. The van der Waals surface area contributed by atoms with E-state index >= 15 is 0 Å². The number of amides is 1. The van der Waals surface area contributed by atoms with Crippen LogP contribution < -0.4 is 5.32 Å². The number of nitrogens with one attached hydrogen (secondary N) is 1. The molecule has 1 aromatic carbocycles. The molecule has 5 heteroatoms. The summed E-state index contributed by atoms with van der Waals surface area (Å²) in [5.41, 5.74) is 2.16. The van der Waals surface area contributed by atoms with Crippen molar-refractivity contribution in [2.45, 2.75) is 19.9 Å². The van der Waals surface area contributed by atoms with E-state index in [4.69, 9.17) is 0 Å². The molecule has 0 unspecified atom stereocenters. The summed E-state index contributed by atoms with van der Waals surface area (Å²) in [5, 5.41) is 4.94. The van der Waals surface area contributed by atoms with E-state index in [1.165, 1.54) is 0 Å². The molecule has 0 aliphatic rings. The van der Waals surface area contributed by atoms with Gasteiger partial charge in [0.25, 0.3) is 0 Å². The lowest BCUT2D eigenvalue weighted by Gasteiger charge is -2.08. The molecule has 0 bridgehead atoms. The Labute approximate surface area is 133 Å². The second kappa shape index (κ2) is 6.58. The Balaban J connectivity index is 1.57. The number of hydrogen-bond acceptors (Lipinski definition) is 3. The lowest BCUT2D eigenvalue weighted by molar-refractivity contribution is -0.120. The molecule has 1 N–H and O–H groups in total. The first-order valence-corrected chi connectivity index (χ1v) is 7.99. The van der Waals surface area contributed by atoms with Crippen LogP contribution >= 0.6 is 11.3 Å². The number of nitrogens with zero attached hydrogens (tertiary/aromatic N) is 2. The number of carbonyl (C=O) groups is 1. The van der Waals surface area contributed by atoms with Gasteiger partial charge in [0.05, 0.1) is 6.42 Å². The minimum Gasteiger partial charge on any atom is -0.352 e. The molecule has 2 heterocycles. The second-order valence-corrected chi connectivity index (χ2v) is 6.08. The van der Waals surface area contributed by atoms with Crippen LogP contribution in [0.2, 0.25) is 0 Å². The van der Waals surface area contributed by atoms with E-state index in [2.05, 4.69) is 10.3 Å². The lowest BCUT2D eigenvalue weighted by Crippen LogP contribution is -2.24. The van der Waals surface area contributed by atoms with Gasteiger partial charge in [0.2, 0.25) is 5.91 Å². The van der Waals surface area contributed by atoms with Crippen LogP contribution in [0.25, 0.3) is 5.69 Å². The number of rotatable bonds is 5. The number of aromatic nitrogens is 2. The molecule has 0 atom stereocenters. The fourth-order valence-electron chi connectivity index (χ4n) is 2.26. The van der Waals surface area contributed by atoms with Crippen molar-refractivity contribution in [3.63, 3.8) is 0 Å². The summed E-state index contributed by atoms with van der Waals surface area (Å²) in [6.45, 7) is 2.52. The molecule has 3 aromatic rings. The van der Waals surface area contributed by atoms with Gasteiger partial charge in [-0.25, -0.2) is 4.98 Å². The molecule has 0 fully saturated rings. The summed E-state index contributed by atoms with van der Waals surface area (Å²) in [4.78, 5) is 17.2. The predicted octanol–water partition coefficient (Wildman–Crippen LogP) is 3.10. The van der Waals surface area contributed by atoms with Gasteiger partial charge in [-0.3, -0.25) is 4.79 Å². The van der Waals surface area contributed by atoms with Gasteiger partial charge in [-0.05, 0) is 36.1 Å². The molecule has 0 saturated carbocycles. The van der Waals surface area contributed by atoms with Gasteiger partial charge in [0.15, 0.2) is 0 Å². The van der Waals surface area contributed by atoms with Gasteiger partial charge >= 0.3 is 0 Å². The minimum absolute atomic E-state index is 0.0528. The standard InChI is InChI=1S/C17H17N3OS/c1-13-18-8-9-20(13)15-6-4-14(5-7-15)12-19-17(21)11-16-3-2-10-22-16/h2-10H,11-12H2,1H3,(H,19,21). The first-order valence-electron chi connectivity index (χ1n) is 7.11. The highest BCUT2D eigenvalue weighted by atomic mass is 32.1. The maximum atomic E-state index is 11.9. The number of hydrogen-bond donors (Lipinski definition) is 1. The molecular weight excluding hydrogens is 294 g/mol. The van der Waals surface area contributed by atoms with Crippen molar-refractivity contribution in [3.8, 4) is 5.69 Å². The van der Waals surface area contributed by atoms with Crippen molar-refractivity contribution in [3.05, 3.63) is 70.4 Å². The molecular formula is C17H17N3OS. The predicted molar refractivity (Wildman–Crippen MR) is 88.2 cm³/mol. The fourth-order valence-corrected chi connectivity index (χ4v) is 2.96. The maximum absolute atomic E-state index is 11.9. The largest absolute Gasteiger partial charge is 0.352 e. The maximum Gasteiger partial charge on any atom is 0.225 e. The first kappa shape index (κ1) is 14.5. The molecule has 2 aromatic heterocycles. The topological polar surface area (TPSA) is 46.9 Å². The molecule has 0 radical (unpaired) electrons. The average molecular weight is 311 g/mol. The molecule has 1 amide bonds. The lowest BCUT2D eigenvalue weighted by atomic mass is 10.2. The van der Waals surface area contributed by atoms with Crippen molar-refractivity contribution in [2.75, 3.05) is 0 Å². The Morgan fingerprint density at radius 3 is 2.73 bits per heavy atom. The van der Waals surface area contributed by atoms with Crippen molar-refractivity contribution in [2.24, 2.45) is 0 Å². The van der Waals surface area contributed by atoms with E-state index in [1.807, 2.05) is 59.5 Å². The third-order valence-corrected chi connectivity index (χ3v) is 4.32. The minimum atomic E-state index is 0.0528. The highest BCUT2D eigenvalue weighted by Crippen LogP contribution is 2.12. The molecule has 0 spiro atoms. The van der Waals surface area contributed by atoms with Crippen LogP contribution in [0.4, 0.5) is 0 Å². The van der Waals surface area contributed by atoms with Crippen LogP contribution in [0, 0.1) is 6.92 Å². The smallest absolute Gasteiger partial charge is 0.225 e. The quantitative estimate of drug-likeness (QED) is 0.787. The molecule has 3 rings (SSSR count). The molecule has 4 nitrogen and oxygen atoms in total. The number of imidazole rings is 1. The molecule has 0 aliphatic carbocycles. The van der Waals surface area contributed by atoms with Crippen LogP contribution in [-0.4, -0.2) is 15.5 Å². The normalized spacial score (nSPS) is 10.6. The summed E-state index contributed by atoms with van der Waals surface area (Å²) in [5.74, 6) is 1.01. The summed E-state index contributed by atoms with van der Waals surface area (Å²) < 4.78 is 2.03. The molecule has 112 valence electrons. The van der Waals surface area contributed by atoms with Crippen molar-refractivity contribution in [1.29, 1.82) is 0 Å². The first-order chi connectivity index (χ1) is 10.7. The number of aryl methyl sites for hydroxylation is 1. The molecule has 0 saturated heterocycles. The molecule has 22 heavy (non-hydrogen) atoms. The third kappa shape index (κ3) is 3.43. The van der Waals surface area contributed by atoms with Crippen LogP contribution in [-0.2, 0) is 17.8 Å². The fraction of sp³-hybridized carbons (Fsp3) is 0.176. The number of benzene rings is 1. The van der Waals surface area contributed by atoms with Gasteiger partial charge in [-0.2, -0.15) is 0 Å². The van der Waals surface area contributed by atoms with Crippen LogP contribution in [0.15, 0.2) is 54.2 Å².